The molecular formula is C25H29NO2S. The van der Waals surface area contributed by atoms with Crippen LogP contribution in [-0.2, 0) is 9.84 Å². The maximum atomic E-state index is 13.2. The number of benzene rings is 2. The minimum absolute atomic E-state index is 0.375. The van der Waals surface area contributed by atoms with Gasteiger partial charge in [-0.25, -0.2) is 8.42 Å². The average molecular weight is 408 g/mol. The highest BCUT2D eigenvalue weighted by Gasteiger charge is 2.32. The number of nitrogens with zero attached hydrogens (tertiary/aromatic N) is 1. The zero-order valence-electron chi connectivity index (χ0n) is 17.3. The maximum absolute atomic E-state index is 13.2. The first-order valence-corrected chi connectivity index (χ1v) is 12.0. The maximum Gasteiger partial charge on any atom is 0.210 e. The Kier molecular flexibility index (Phi) is 5.39. The summed E-state index contributed by atoms with van der Waals surface area (Å²) in [6.45, 7) is 6.53. The fourth-order valence-corrected chi connectivity index (χ4v) is 6.29. The standard InChI is InChI=1S/C25H29NO2S/c1-4-9-18(2)21(16-19-10-5-6-11-19)20-14-15-25-23(17-20)26(3)22-12-7-8-13-24(22)29(25,27)28/h7-8,12-17,19H,2,4-6,9-11H2,1,3H3/b21-16-. The number of sulfone groups is 1. The van der Waals surface area contributed by atoms with E-state index < -0.39 is 9.84 Å². The number of anilines is 2. The van der Waals surface area contributed by atoms with Gasteiger partial charge in [0.15, 0.2) is 0 Å². The van der Waals surface area contributed by atoms with Crippen molar-refractivity contribution in [2.75, 3.05) is 11.9 Å². The fraction of sp³-hybridized carbons (Fsp3) is 0.360. The molecule has 0 radical (unpaired) electrons. The van der Waals surface area contributed by atoms with Crippen LogP contribution in [0, 0.1) is 5.92 Å². The van der Waals surface area contributed by atoms with Crippen LogP contribution in [-0.4, -0.2) is 15.5 Å². The number of rotatable bonds is 5. The third kappa shape index (κ3) is 3.55. The Bertz CT molecular complexity index is 1080. The van der Waals surface area contributed by atoms with Gasteiger partial charge in [-0.1, -0.05) is 57.0 Å². The third-order valence-electron chi connectivity index (χ3n) is 6.17. The predicted molar refractivity (Wildman–Crippen MR) is 120 cm³/mol. The molecule has 1 aliphatic heterocycles. The summed E-state index contributed by atoms with van der Waals surface area (Å²) in [6, 6.07) is 13.0. The van der Waals surface area contributed by atoms with Crippen LogP contribution in [0.2, 0.25) is 0 Å². The molecule has 152 valence electrons. The molecule has 2 aromatic rings. The lowest BCUT2D eigenvalue weighted by Crippen LogP contribution is -2.22. The van der Waals surface area contributed by atoms with Crippen molar-refractivity contribution in [3.8, 4) is 0 Å². The van der Waals surface area contributed by atoms with Gasteiger partial charge in [-0.05, 0) is 66.2 Å². The van der Waals surface area contributed by atoms with E-state index in [0.29, 0.717) is 15.7 Å². The van der Waals surface area contributed by atoms with Crippen LogP contribution in [0.5, 0.6) is 0 Å². The first kappa shape index (κ1) is 20.0. The molecular weight excluding hydrogens is 378 g/mol. The highest BCUT2D eigenvalue weighted by molar-refractivity contribution is 7.92. The monoisotopic (exact) mass is 407 g/mol. The molecule has 2 aromatic carbocycles. The minimum atomic E-state index is -3.51. The van der Waals surface area contributed by atoms with Crippen molar-refractivity contribution in [2.45, 2.75) is 55.2 Å². The second kappa shape index (κ2) is 7.83. The smallest absolute Gasteiger partial charge is 0.210 e. The van der Waals surface area contributed by atoms with Crippen molar-refractivity contribution in [1.29, 1.82) is 0 Å². The normalized spacial score (nSPS) is 18.4. The zero-order chi connectivity index (χ0) is 20.6. The number of allylic oxidation sites excluding steroid dienone is 3. The molecule has 4 heteroatoms. The second-order valence-corrected chi connectivity index (χ2v) is 10.1. The summed E-state index contributed by atoms with van der Waals surface area (Å²) in [5.74, 6) is 0.594. The molecule has 0 spiro atoms. The molecule has 0 amide bonds. The average Bonchev–Trinajstić information content (AvgIpc) is 3.24. The fourth-order valence-electron chi connectivity index (χ4n) is 4.60. The Balaban J connectivity index is 1.83. The lowest BCUT2D eigenvalue weighted by Gasteiger charge is -2.30. The molecule has 1 fully saturated rings. The van der Waals surface area contributed by atoms with E-state index in [4.69, 9.17) is 0 Å². The van der Waals surface area contributed by atoms with Crippen LogP contribution in [0.15, 0.2) is 70.5 Å². The Hall–Kier alpha value is -2.33. The topological polar surface area (TPSA) is 37.4 Å². The highest BCUT2D eigenvalue weighted by atomic mass is 32.2. The molecule has 29 heavy (non-hydrogen) atoms. The second-order valence-electron chi connectivity index (χ2n) is 8.19. The largest absolute Gasteiger partial charge is 0.342 e. The van der Waals surface area contributed by atoms with Crippen LogP contribution in [0.3, 0.4) is 0 Å². The summed E-state index contributed by atoms with van der Waals surface area (Å²) in [6.07, 6.45) is 9.43. The molecule has 0 aromatic heterocycles. The van der Waals surface area contributed by atoms with Gasteiger partial charge in [-0.3, -0.25) is 0 Å². The van der Waals surface area contributed by atoms with Gasteiger partial charge in [0.2, 0.25) is 9.84 Å². The van der Waals surface area contributed by atoms with E-state index >= 15 is 0 Å². The van der Waals surface area contributed by atoms with Crippen LogP contribution in [0.1, 0.15) is 51.0 Å². The predicted octanol–water partition coefficient (Wildman–Crippen LogP) is 6.53. The summed E-state index contributed by atoms with van der Waals surface area (Å²) in [4.78, 5) is 2.74. The van der Waals surface area contributed by atoms with Gasteiger partial charge in [0, 0.05) is 7.05 Å². The molecule has 0 bridgehead atoms. The van der Waals surface area contributed by atoms with Gasteiger partial charge in [-0.15, -0.1) is 0 Å². The van der Waals surface area contributed by atoms with Gasteiger partial charge in [0.25, 0.3) is 0 Å². The molecule has 1 saturated carbocycles. The molecule has 3 nitrogen and oxygen atoms in total. The minimum Gasteiger partial charge on any atom is -0.342 e. The number of hydrogen-bond donors (Lipinski definition) is 0. The molecule has 1 heterocycles. The van der Waals surface area contributed by atoms with Crippen molar-refractivity contribution in [3.05, 3.63) is 66.3 Å². The lowest BCUT2D eigenvalue weighted by molar-refractivity contribution is 0.594. The number of hydrogen-bond acceptors (Lipinski definition) is 3. The Morgan fingerprint density at radius 1 is 1.10 bits per heavy atom. The molecule has 1 aliphatic carbocycles. The van der Waals surface area contributed by atoms with Gasteiger partial charge in [-0.2, -0.15) is 0 Å². The van der Waals surface area contributed by atoms with E-state index in [1.807, 2.05) is 36.2 Å². The molecule has 0 unspecified atom stereocenters. The van der Waals surface area contributed by atoms with Gasteiger partial charge < -0.3 is 4.90 Å². The zero-order valence-corrected chi connectivity index (χ0v) is 18.1. The quantitative estimate of drug-likeness (QED) is 0.529. The molecule has 0 saturated heterocycles. The van der Waals surface area contributed by atoms with E-state index in [2.05, 4.69) is 19.6 Å². The van der Waals surface area contributed by atoms with E-state index in [9.17, 15) is 8.42 Å². The van der Waals surface area contributed by atoms with Crippen molar-refractivity contribution in [3.63, 3.8) is 0 Å². The molecule has 4 rings (SSSR count). The van der Waals surface area contributed by atoms with E-state index in [-0.39, 0.29) is 0 Å². The number of fused-ring (bicyclic) bond motifs is 2. The summed E-state index contributed by atoms with van der Waals surface area (Å²) >= 11 is 0. The van der Waals surface area contributed by atoms with Gasteiger partial charge in [0.1, 0.15) is 0 Å². The molecule has 0 atom stereocenters. The summed E-state index contributed by atoms with van der Waals surface area (Å²) in [7, 11) is -1.57. The lowest BCUT2D eigenvalue weighted by atomic mass is 9.91. The Morgan fingerprint density at radius 3 is 2.52 bits per heavy atom. The van der Waals surface area contributed by atoms with Crippen LogP contribution in [0.4, 0.5) is 11.4 Å². The van der Waals surface area contributed by atoms with Crippen molar-refractivity contribution >= 4 is 26.8 Å². The van der Waals surface area contributed by atoms with E-state index in [1.54, 1.807) is 18.2 Å². The Labute approximate surface area is 174 Å². The molecule has 0 N–H and O–H groups in total. The summed E-state index contributed by atoms with van der Waals surface area (Å²) < 4.78 is 26.4. The van der Waals surface area contributed by atoms with E-state index in [0.717, 1.165) is 35.4 Å². The van der Waals surface area contributed by atoms with Crippen molar-refractivity contribution in [1.82, 2.24) is 0 Å². The molecule has 2 aliphatic rings. The first-order chi connectivity index (χ1) is 13.9. The van der Waals surface area contributed by atoms with Crippen molar-refractivity contribution < 1.29 is 8.42 Å². The first-order valence-electron chi connectivity index (χ1n) is 10.6. The van der Waals surface area contributed by atoms with Crippen LogP contribution >= 0.6 is 0 Å². The summed E-state index contributed by atoms with van der Waals surface area (Å²) in [5.41, 5.74) is 4.86. The SMILES string of the molecule is C=C(CCC)/C(=C/C1CCCC1)c1ccc2c(c1)N(C)c1ccccc1S2(=O)=O. The Morgan fingerprint density at radius 2 is 1.79 bits per heavy atom. The summed E-state index contributed by atoms with van der Waals surface area (Å²) in [5, 5.41) is 0. The van der Waals surface area contributed by atoms with Crippen LogP contribution < -0.4 is 4.90 Å². The van der Waals surface area contributed by atoms with Gasteiger partial charge >= 0.3 is 0 Å². The number of para-hydroxylation sites is 1. The van der Waals surface area contributed by atoms with Gasteiger partial charge in [0.05, 0.1) is 21.2 Å². The van der Waals surface area contributed by atoms with Crippen molar-refractivity contribution in [2.24, 2.45) is 5.92 Å². The highest BCUT2D eigenvalue weighted by Crippen LogP contribution is 2.44. The van der Waals surface area contributed by atoms with Crippen LogP contribution in [0.25, 0.3) is 5.57 Å². The van der Waals surface area contributed by atoms with E-state index in [1.165, 1.54) is 31.3 Å². The third-order valence-corrected chi connectivity index (χ3v) is 8.02.